The van der Waals surface area contributed by atoms with Gasteiger partial charge in [0, 0.05) is 37.4 Å². The molecule has 2 aromatic rings. The van der Waals surface area contributed by atoms with E-state index in [4.69, 9.17) is 23.2 Å². The lowest BCUT2D eigenvalue weighted by molar-refractivity contribution is -0.135. The van der Waals surface area contributed by atoms with Crippen LogP contribution in [0.3, 0.4) is 0 Å². The molecule has 1 saturated heterocycles. The summed E-state index contributed by atoms with van der Waals surface area (Å²) in [6.45, 7) is 5.20. The van der Waals surface area contributed by atoms with Crippen molar-refractivity contribution in [2.45, 2.75) is 19.9 Å². The monoisotopic (exact) mass is 473 g/mol. The fraction of sp³-hybridized carbons (Fsp3) is 0.304. The van der Waals surface area contributed by atoms with Crippen LogP contribution in [0.4, 0.5) is 5.69 Å². The number of fused-ring (bicyclic) bond motifs is 1. The van der Waals surface area contributed by atoms with Crippen LogP contribution in [0, 0.1) is 0 Å². The first-order valence-electron chi connectivity index (χ1n) is 10.2. The van der Waals surface area contributed by atoms with Crippen molar-refractivity contribution in [1.82, 2.24) is 9.80 Å². The smallest absolute Gasteiger partial charge is 0.262 e. The molecule has 0 bridgehead atoms. The highest BCUT2D eigenvalue weighted by atomic mass is 35.5. The Hall–Kier alpha value is -2.90. The van der Waals surface area contributed by atoms with Gasteiger partial charge in [0.1, 0.15) is 6.04 Å². The van der Waals surface area contributed by atoms with Gasteiger partial charge in [-0.3, -0.25) is 24.1 Å². The number of rotatable bonds is 4. The van der Waals surface area contributed by atoms with Crippen LogP contribution in [0.5, 0.6) is 0 Å². The molecule has 0 aliphatic carbocycles. The summed E-state index contributed by atoms with van der Waals surface area (Å²) in [5.74, 6) is -1.37. The molecule has 1 atom stereocenters. The van der Waals surface area contributed by atoms with Gasteiger partial charge in [-0.25, -0.2) is 0 Å². The molecule has 9 heteroatoms. The molecular weight excluding hydrogens is 453 g/mol. The number of anilines is 1. The molecular formula is C23H21Cl2N3O4. The Kier molecular flexibility index (Phi) is 5.97. The fourth-order valence-corrected chi connectivity index (χ4v) is 4.40. The van der Waals surface area contributed by atoms with E-state index in [0.29, 0.717) is 31.7 Å². The number of ketones is 1. The minimum Gasteiger partial charge on any atom is -0.368 e. The van der Waals surface area contributed by atoms with Crippen LogP contribution in [-0.2, 0) is 4.79 Å². The Morgan fingerprint density at radius 1 is 0.875 bits per heavy atom. The summed E-state index contributed by atoms with van der Waals surface area (Å²) >= 11 is 12.0. The summed E-state index contributed by atoms with van der Waals surface area (Å²) in [5, 5.41) is 0.361. The first-order chi connectivity index (χ1) is 15.2. The third-order valence-corrected chi connectivity index (χ3v) is 6.66. The van der Waals surface area contributed by atoms with Gasteiger partial charge < -0.3 is 9.80 Å². The number of carbonyl (C=O) groups excluding carboxylic acids is 4. The Morgan fingerprint density at radius 2 is 1.38 bits per heavy atom. The Balaban J connectivity index is 1.43. The average Bonchev–Trinajstić information content (AvgIpc) is 3.02. The number of carbonyl (C=O) groups is 4. The zero-order valence-corrected chi connectivity index (χ0v) is 19.1. The first-order valence-corrected chi connectivity index (χ1v) is 11.0. The maximum Gasteiger partial charge on any atom is 0.262 e. The van der Waals surface area contributed by atoms with Gasteiger partial charge in [-0.1, -0.05) is 23.2 Å². The number of Topliss-reactive ketones (excluding diaryl/α,β-unsaturated/α-hetero) is 1. The predicted molar refractivity (Wildman–Crippen MR) is 122 cm³/mol. The van der Waals surface area contributed by atoms with Crippen molar-refractivity contribution in [3.63, 3.8) is 0 Å². The summed E-state index contributed by atoms with van der Waals surface area (Å²) < 4.78 is 0. The van der Waals surface area contributed by atoms with E-state index in [2.05, 4.69) is 4.90 Å². The van der Waals surface area contributed by atoms with Gasteiger partial charge in [-0.2, -0.15) is 0 Å². The summed E-state index contributed by atoms with van der Waals surface area (Å²) in [7, 11) is 0. The highest BCUT2D eigenvalue weighted by Gasteiger charge is 2.42. The van der Waals surface area contributed by atoms with Crippen molar-refractivity contribution in [2.75, 3.05) is 31.1 Å². The van der Waals surface area contributed by atoms with E-state index >= 15 is 0 Å². The second-order valence-corrected chi connectivity index (χ2v) is 8.70. The summed E-state index contributed by atoms with van der Waals surface area (Å²) in [5.41, 5.74) is 1.94. The number of imide groups is 1. The molecule has 166 valence electrons. The Bertz CT molecular complexity index is 1080. The zero-order chi connectivity index (χ0) is 23.2. The van der Waals surface area contributed by atoms with Gasteiger partial charge in [0.2, 0.25) is 5.91 Å². The van der Waals surface area contributed by atoms with E-state index in [9.17, 15) is 19.2 Å². The molecule has 0 radical (unpaired) electrons. The van der Waals surface area contributed by atoms with E-state index in [1.54, 1.807) is 24.0 Å². The van der Waals surface area contributed by atoms with Crippen LogP contribution in [0.15, 0.2) is 36.4 Å². The number of halogens is 2. The van der Waals surface area contributed by atoms with E-state index in [-0.39, 0.29) is 32.9 Å². The minimum absolute atomic E-state index is 0.0126. The molecule has 2 aliphatic heterocycles. The van der Waals surface area contributed by atoms with Gasteiger partial charge in [0.05, 0.1) is 21.2 Å². The molecule has 7 nitrogen and oxygen atoms in total. The van der Waals surface area contributed by atoms with Gasteiger partial charge in [-0.05, 0) is 50.2 Å². The van der Waals surface area contributed by atoms with Gasteiger partial charge >= 0.3 is 0 Å². The molecule has 2 heterocycles. The zero-order valence-electron chi connectivity index (χ0n) is 17.6. The maximum atomic E-state index is 13.1. The van der Waals surface area contributed by atoms with Crippen molar-refractivity contribution >= 4 is 52.4 Å². The molecule has 0 N–H and O–H groups in total. The van der Waals surface area contributed by atoms with Gasteiger partial charge in [0.15, 0.2) is 5.78 Å². The number of amides is 3. The number of hydrogen-bond acceptors (Lipinski definition) is 5. The summed E-state index contributed by atoms with van der Waals surface area (Å²) in [6.07, 6.45) is 0. The summed E-state index contributed by atoms with van der Waals surface area (Å²) in [6, 6.07) is 9.16. The van der Waals surface area contributed by atoms with Gasteiger partial charge in [0.25, 0.3) is 11.8 Å². The molecule has 0 spiro atoms. The van der Waals surface area contributed by atoms with Crippen LogP contribution in [0.2, 0.25) is 10.0 Å². The van der Waals surface area contributed by atoms with Gasteiger partial charge in [-0.15, -0.1) is 0 Å². The number of nitrogens with zero attached hydrogens (tertiary/aromatic N) is 3. The van der Waals surface area contributed by atoms with Crippen LogP contribution < -0.4 is 4.90 Å². The third-order valence-electron chi connectivity index (χ3n) is 5.93. The van der Waals surface area contributed by atoms with E-state index in [1.807, 2.05) is 12.1 Å². The third kappa shape index (κ3) is 3.87. The molecule has 32 heavy (non-hydrogen) atoms. The topological polar surface area (TPSA) is 78.0 Å². The second kappa shape index (κ2) is 8.56. The molecule has 1 fully saturated rings. The van der Waals surface area contributed by atoms with Crippen molar-refractivity contribution in [1.29, 1.82) is 0 Å². The number of piperazine rings is 1. The Morgan fingerprint density at radius 3 is 1.84 bits per heavy atom. The van der Waals surface area contributed by atoms with Crippen LogP contribution in [-0.4, -0.2) is 65.5 Å². The second-order valence-electron chi connectivity index (χ2n) is 7.88. The predicted octanol–water partition coefficient (Wildman–Crippen LogP) is 3.53. The highest BCUT2D eigenvalue weighted by molar-refractivity contribution is 6.43. The van der Waals surface area contributed by atoms with E-state index < -0.39 is 17.9 Å². The lowest BCUT2D eigenvalue weighted by atomic mass is 10.1. The lowest BCUT2D eigenvalue weighted by Gasteiger charge is -2.38. The SMILES string of the molecule is CC(=O)c1ccc(N2CCN(C(=O)C(C)N3C(=O)c4cc(Cl)c(Cl)cc4C3=O)CC2)cc1. The number of hydrogen-bond donors (Lipinski definition) is 0. The largest absolute Gasteiger partial charge is 0.368 e. The van der Waals surface area contributed by atoms with Crippen LogP contribution in [0.25, 0.3) is 0 Å². The van der Waals surface area contributed by atoms with Crippen molar-refractivity contribution in [3.05, 3.63) is 63.1 Å². The molecule has 2 aromatic carbocycles. The fourth-order valence-electron chi connectivity index (χ4n) is 4.07. The van der Waals surface area contributed by atoms with Crippen LogP contribution in [0.1, 0.15) is 44.9 Å². The molecule has 4 rings (SSSR count). The van der Waals surface area contributed by atoms with Crippen molar-refractivity contribution in [2.24, 2.45) is 0 Å². The highest BCUT2D eigenvalue weighted by Crippen LogP contribution is 2.32. The lowest BCUT2D eigenvalue weighted by Crippen LogP contribution is -2.55. The minimum atomic E-state index is -0.943. The van der Waals surface area contributed by atoms with E-state index in [0.717, 1.165) is 10.6 Å². The van der Waals surface area contributed by atoms with E-state index in [1.165, 1.54) is 19.1 Å². The molecule has 1 unspecified atom stereocenters. The quantitative estimate of drug-likeness (QED) is 0.501. The van der Waals surface area contributed by atoms with Crippen molar-refractivity contribution in [3.8, 4) is 0 Å². The first kappa shape index (κ1) is 22.3. The Labute approximate surface area is 195 Å². The van der Waals surface area contributed by atoms with Crippen molar-refractivity contribution < 1.29 is 19.2 Å². The normalized spacial score (nSPS) is 16.9. The average molecular weight is 474 g/mol. The molecule has 0 saturated carbocycles. The summed E-state index contributed by atoms with van der Waals surface area (Å²) in [4.78, 5) is 54.9. The molecule has 2 aliphatic rings. The molecule has 0 aromatic heterocycles. The number of benzene rings is 2. The molecule has 3 amide bonds. The van der Waals surface area contributed by atoms with Crippen LogP contribution >= 0.6 is 23.2 Å². The standard InChI is InChI=1S/C23H21Cl2N3O4/c1-13(28-22(31)17-11-19(24)20(25)12-18(17)23(28)32)21(30)27-9-7-26(8-10-27)16-5-3-15(4-6-16)14(2)29/h3-6,11-13H,7-10H2,1-2H3. The maximum absolute atomic E-state index is 13.1.